The number of hydrogen-bond donors (Lipinski definition) is 1. The van der Waals surface area contributed by atoms with Gasteiger partial charge < -0.3 is 9.67 Å². The van der Waals surface area contributed by atoms with Crippen molar-refractivity contribution in [3.63, 3.8) is 0 Å². The van der Waals surface area contributed by atoms with Gasteiger partial charge in [0.15, 0.2) is 0 Å². The molecule has 1 N–H and O–H groups in total. The number of benzene rings is 2. The molecule has 1 aromatic heterocycles. The highest BCUT2D eigenvalue weighted by Crippen LogP contribution is 2.31. The van der Waals surface area contributed by atoms with Gasteiger partial charge in [0, 0.05) is 11.4 Å². The second-order valence-electron chi connectivity index (χ2n) is 5.90. The lowest BCUT2D eigenvalue weighted by Crippen LogP contribution is -2.05. The fraction of sp³-hybridized carbons (Fsp3) is 0.150. The minimum Gasteiger partial charge on any atom is -0.481 e. The largest absolute Gasteiger partial charge is 0.481 e. The Kier molecular flexibility index (Phi) is 5.16. The van der Waals surface area contributed by atoms with Crippen LogP contribution >= 0.6 is 23.2 Å². The van der Waals surface area contributed by atoms with Crippen LogP contribution in [0.3, 0.4) is 0 Å². The third-order valence-electron chi connectivity index (χ3n) is 4.07. The van der Waals surface area contributed by atoms with Crippen LogP contribution in [0.5, 0.6) is 0 Å². The van der Waals surface area contributed by atoms with Crippen molar-refractivity contribution in [2.75, 3.05) is 0 Å². The Morgan fingerprint density at radius 2 is 1.72 bits per heavy atom. The first-order valence-corrected chi connectivity index (χ1v) is 8.66. The molecule has 128 valence electrons. The number of carbonyl (C=O) groups is 1. The Hall–Kier alpha value is -2.23. The molecule has 0 saturated heterocycles. The first-order chi connectivity index (χ1) is 12.0. The standard InChI is InChI=1S/C20H17Cl2NO2/c1-13-2-4-14(5-3-13)19-10-7-15(8-11-20(24)25)23(19)16-6-9-17(21)18(22)12-16/h2-7,9-10,12H,8,11H2,1H3,(H,24,25). The quantitative estimate of drug-likeness (QED) is 0.615. The van der Waals surface area contributed by atoms with Crippen LogP contribution in [0.25, 0.3) is 16.9 Å². The summed E-state index contributed by atoms with van der Waals surface area (Å²) in [6, 6.07) is 17.6. The van der Waals surface area contributed by atoms with Crippen molar-refractivity contribution in [3.05, 3.63) is 75.9 Å². The van der Waals surface area contributed by atoms with Crippen molar-refractivity contribution in [1.29, 1.82) is 0 Å². The number of aryl methyl sites for hydroxylation is 2. The molecule has 5 heteroatoms. The van der Waals surface area contributed by atoms with Gasteiger partial charge >= 0.3 is 5.97 Å². The van der Waals surface area contributed by atoms with E-state index >= 15 is 0 Å². The van der Waals surface area contributed by atoms with Gasteiger partial charge in [0.2, 0.25) is 0 Å². The molecule has 0 unspecified atom stereocenters. The monoisotopic (exact) mass is 373 g/mol. The van der Waals surface area contributed by atoms with E-state index in [0.29, 0.717) is 16.5 Å². The SMILES string of the molecule is Cc1ccc(-c2ccc(CCC(=O)O)n2-c2ccc(Cl)c(Cl)c2)cc1. The van der Waals surface area contributed by atoms with Crippen LogP contribution in [-0.2, 0) is 11.2 Å². The van der Waals surface area contributed by atoms with E-state index in [2.05, 4.69) is 24.3 Å². The number of rotatable bonds is 5. The summed E-state index contributed by atoms with van der Waals surface area (Å²) in [6.07, 6.45) is 0.500. The molecule has 0 spiro atoms. The predicted molar refractivity (Wildman–Crippen MR) is 102 cm³/mol. The molecule has 0 aliphatic carbocycles. The Labute approximate surface area is 156 Å². The zero-order chi connectivity index (χ0) is 18.0. The van der Waals surface area contributed by atoms with Gasteiger partial charge in [-0.15, -0.1) is 0 Å². The Bertz CT molecular complexity index is 914. The van der Waals surface area contributed by atoms with Gasteiger partial charge in [0.1, 0.15) is 0 Å². The Morgan fingerprint density at radius 1 is 1.00 bits per heavy atom. The molecule has 0 fully saturated rings. The highest BCUT2D eigenvalue weighted by Gasteiger charge is 2.14. The molecule has 0 saturated carbocycles. The summed E-state index contributed by atoms with van der Waals surface area (Å²) in [4.78, 5) is 11.0. The second kappa shape index (κ2) is 7.34. The normalized spacial score (nSPS) is 10.8. The summed E-state index contributed by atoms with van der Waals surface area (Å²) in [5.74, 6) is -0.821. The third-order valence-corrected chi connectivity index (χ3v) is 4.80. The summed E-state index contributed by atoms with van der Waals surface area (Å²) < 4.78 is 2.04. The number of aliphatic carboxylic acids is 1. The van der Waals surface area contributed by atoms with Crippen LogP contribution in [0.2, 0.25) is 10.0 Å². The molecule has 0 atom stereocenters. The fourth-order valence-corrected chi connectivity index (χ4v) is 3.08. The van der Waals surface area contributed by atoms with Gasteiger partial charge in [-0.3, -0.25) is 4.79 Å². The zero-order valence-electron chi connectivity index (χ0n) is 13.7. The summed E-state index contributed by atoms with van der Waals surface area (Å²) in [7, 11) is 0. The average Bonchev–Trinajstić information content (AvgIpc) is 3.00. The van der Waals surface area contributed by atoms with Crippen LogP contribution in [0, 0.1) is 6.92 Å². The molecule has 0 bridgehead atoms. The maximum Gasteiger partial charge on any atom is 0.303 e. The number of hydrogen-bond acceptors (Lipinski definition) is 1. The van der Waals surface area contributed by atoms with Gasteiger partial charge in [-0.2, -0.15) is 0 Å². The van der Waals surface area contributed by atoms with E-state index in [-0.39, 0.29) is 6.42 Å². The number of carboxylic acid groups (broad SMARTS) is 1. The average molecular weight is 374 g/mol. The topological polar surface area (TPSA) is 42.2 Å². The van der Waals surface area contributed by atoms with Crippen LogP contribution in [0.1, 0.15) is 17.7 Å². The summed E-state index contributed by atoms with van der Waals surface area (Å²) in [6.45, 7) is 2.04. The Balaban J connectivity index is 2.13. The van der Waals surface area contributed by atoms with Crippen molar-refractivity contribution in [2.45, 2.75) is 19.8 Å². The first-order valence-electron chi connectivity index (χ1n) is 7.90. The van der Waals surface area contributed by atoms with Crippen LogP contribution < -0.4 is 0 Å². The molecular formula is C20H17Cl2NO2. The Morgan fingerprint density at radius 3 is 2.36 bits per heavy atom. The van der Waals surface area contributed by atoms with Gasteiger partial charge in [-0.05, 0) is 49.2 Å². The zero-order valence-corrected chi connectivity index (χ0v) is 15.2. The number of nitrogens with zero attached hydrogens (tertiary/aromatic N) is 1. The minimum atomic E-state index is -0.821. The van der Waals surface area contributed by atoms with Gasteiger partial charge in [-0.1, -0.05) is 53.0 Å². The lowest BCUT2D eigenvalue weighted by atomic mass is 10.1. The van der Waals surface area contributed by atoms with E-state index < -0.39 is 5.97 Å². The van der Waals surface area contributed by atoms with Crippen molar-refractivity contribution >= 4 is 29.2 Å². The van der Waals surface area contributed by atoms with Gasteiger partial charge in [0.25, 0.3) is 0 Å². The third kappa shape index (κ3) is 3.89. The predicted octanol–water partition coefficient (Wildman–Crippen LogP) is 5.78. The molecule has 0 radical (unpaired) electrons. The van der Waals surface area contributed by atoms with E-state index in [9.17, 15) is 4.79 Å². The molecule has 3 nitrogen and oxygen atoms in total. The van der Waals surface area contributed by atoms with Crippen molar-refractivity contribution in [1.82, 2.24) is 4.57 Å². The smallest absolute Gasteiger partial charge is 0.303 e. The minimum absolute atomic E-state index is 0.0681. The molecule has 3 rings (SSSR count). The molecule has 0 amide bonds. The maximum absolute atomic E-state index is 11.0. The van der Waals surface area contributed by atoms with Crippen molar-refractivity contribution < 1.29 is 9.90 Å². The lowest BCUT2D eigenvalue weighted by molar-refractivity contribution is -0.136. The van der Waals surface area contributed by atoms with Crippen LogP contribution in [0.15, 0.2) is 54.6 Å². The van der Waals surface area contributed by atoms with Crippen molar-refractivity contribution in [3.8, 4) is 16.9 Å². The van der Waals surface area contributed by atoms with E-state index in [4.69, 9.17) is 28.3 Å². The molecule has 2 aromatic carbocycles. The van der Waals surface area contributed by atoms with Gasteiger partial charge in [-0.25, -0.2) is 0 Å². The van der Waals surface area contributed by atoms with Crippen molar-refractivity contribution in [2.24, 2.45) is 0 Å². The number of halogens is 2. The second-order valence-corrected chi connectivity index (χ2v) is 6.72. The van der Waals surface area contributed by atoms with E-state index in [1.54, 1.807) is 12.1 Å². The summed E-state index contributed by atoms with van der Waals surface area (Å²) >= 11 is 12.2. The molecule has 0 aliphatic rings. The summed E-state index contributed by atoms with van der Waals surface area (Å²) in [5, 5.41) is 9.98. The van der Waals surface area contributed by atoms with Crippen LogP contribution in [-0.4, -0.2) is 15.6 Å². The first kappa shape index (κ1) is 17.6. The van der Waals surface area contributed by atoms with Gasteiger partial charge in [0.05, 0.1) is 22.2 Å². The molecule has 25 heavy (non-hydrogen) atoms. The van der Waals surface area contributed by atoms with E-state index in [1.165, 1.54) is 5.56 Å². The molecule has 3 aromatic rings. The molecule has 0 aliphatic heterocycles. The number of aromatic nitrogens is 1. The summed E-state index contributed by atoms with van der Waals surface area (Å²) in [5.41, 5.74) is 4.99. The number of carboxylic acids is 1. The van der Waals surface area contributed by atoms with E-state index in [0.717, 1.165) is 22.6 Å². The van der Waals surface area contributed by atoms with Crippen LogP contribution in [0.4, 0.5) is 0 Å². The maximum atomic E-state index is 11.0. The molecular weight excluding hydrogens is 357 g/mol. The fourth-order valence-electron chi connectivity index (χ4n) is 2.79. The molecule has 1 heterocycles. The highest BCUT2D eigenvalue weighted by molar-refractivity contribution is 6.42. The highest BCUT2D eigenvalue weighted by atomic mass is 35.5. The lowest BCUT2D eigenvalue weighted by Gasteiger charge is -2.15. The van der Waals surface area contributed by atoms with E-state index in [1.807, 2.05) is 29.7 Å².